The lowest BCUT2D eigenvalue weighted by Crippen LogP contribution is -2.72. The molecule has 6 aromatic carbocycles. The molecule has 8 rings (SSSR count). The van der Waals surface area contributed by atoms with E-state index in [0.717, 1.165) is 0 Å². The van der Waals surface area contributed by atoms with E-state index in [2.05, 4.69) is 158 Å². The highest BCUT2D eigenvalue weighted by Gasteiger charge is 2.49. The molecule has 0 atom stereocenters. The zero-order chi connectivity index (χ0) is 26.5. The first-order valence-corrected chi connectivity index (χ1v) is 16.6. The Kier molecular flexibility index (Phi) is 5.44. The van der Waals surface area contributed by atoms with Crippen LogP contribution in [0.1, 0.15) is 0 Å². The van der Waals surface area contributed by atoms with Gasteiger partial charge in [-0.3, -0.25) is 0 Å². The fourth-order valence-electron chi connectivity index (χ4n) is 6.78. The highest BCUT2D eigenvalue weighted by atomic mass is 32.1. The molecule has 0 bridgehead atoms. The second-order valence-corrected chi connectivity index (χ2v) is 15.2. The van der Waals surface area contributed by atoms with Crippen LogP contribution < -0.4 is 20.7 Å². The van der Waals surface area contributed by atoms with Gasteiger partial charge in [0.1, 0.15) is 0 Å². The maximum absolute atomic E-state index is 2.51. The van der Waals surface area contributed by atoms with Crippen LogP contribution in [-0.2, 0) is 0 Å². The van der Waals surface area contributed by atoms with E-state index in [0.29, 0.717) is 0 Å². The number of benzene rings is 6. The van der Waals surface area contributed by atoms with Crippen molar-refractivity contribution in [2.45, 2.75) is 0 Å². The van der Waals surface area contributed by atoms with Crippen LogP contribution in [0.4, 0.5) is 0 Å². The summed E-state index contributed by atoms with van der Waals surface area (Å²) in [4.78, 5) is 2.69. The van der Waals surface area contributed by atoms with Gasteiger partial charge in [0.25, 0.3) is 0 Å². The van der Waals surface area contributed by atoms with Gasteiger partial charge in [0.2, 0.25) is 0 Å². The van der Waals surface area contributed by atoms with Gasteiger partial charge in [0, 0.05) is 26.1 Å². The lowest BCUT2D eigenvalue weighted by Gasteiger charge is -2.31. The Hall–Kier alpha value is -4.50. The van der Waals surface area contributed by atoms with Crippen molar-refractivity contribution in [2.75, 3.05) is 0 Å². The fourth-order valence-corrected chi connectivity index (χ4v) is 13.3. The van der Waals surface area contributed by atoms with Crippen LogP contribution in [-0.4, -0.2) is 8.07 Å². The van der Waals surface area contributed by atoms with Crippen molar-refractivity contribution in [3.8, 4) is 32.0 Å². The number of hydrogen-bond acceptors (Lipinski definition) is 1. The van der Waals surface area contributed by atoms with Crippen molar-refractivity contribution in [3.63, 3.8) is 0 Å². The summed E-state index contributed by atoms with van der Waals surface area (Å²) in [5.41, 5.74) is 5.41. The Bertz CT molecular complexity index is 1950. The zero-order valence-electron chi connectivity index (χ0n) is 21.9. The van der Waals surface area contributed by atoms with Crippen molar-refractivity contribution in [1.29, 1.82) is 0 Å². The molecular weight excluding hydrogens is 517 g/mol. The molecule has 0 saturated heterocycles. The quantitative estimate of drug-likeness (QED) is 0.201. The first-order valence-electron chi connectivity index (χ1n) is 13.8. The monoisotopic (exact) mass is 542 g/mol. The van der Waals surface area contributed by atoms with Crippen molar-refractivity contribution >= 4 is 50.9 Å². The SMILES string of the molecule is c1ccc(-c2sc(-c3cccc4c3-c3ccccc3[Si]4(c3ccccc3)c3ccccc3)c3ccccc23)cc1. The van der Waals surface area contributed by atoms with Crippen LogP contribution in [0.5, 0.6) is 0 Å². The lowest BCUT2D eigenvalue weighted by molar-refractivity contribution is 1.70. The van der Waals surface area contributed by atoms with Crippen molar-refractivity contribution in [3.05, 3.63) is 158 Å². The molecule has 188 valence electrons. The fraction of sp³-hybridized carbons (Fsp3) is 0. The molecule has 0 aliphatic carbocycles. The molecule has 2 heterocycles. The normalized spacial score (nSPS) is 13.2. The Balaban J connectivity index is 1.49. The molecule has 1 aliphatic rings. The van der Waals surface area contributed by atoms with Gasteiger partial charge in [0.15, 0.2) is 8.07 Å². The number of rotatable bonds is 4. The third kappa shape index (κ3) is 3.30. The van der Waals surface area contributed by atoms with E-state index in [-0.39, 0.29) is 0 Å². The molecule has 2 heteroatoms. The minimum Gasteiger partial charge on any atom is -0.134 e. The van der Waals surface area contributed by atoms with Crippen molar-refractivity contribution < 1.29 is 0 Å². The molecular formula is C38H26SSi. The lowest BCUT2D eigenvalue weighted by atomic mass is 9.96. The number of thiophene rings is 1. The maximum Gasteiger partial charge on any atom is 0.180 e. The van der Waals surface area contributed by atoms with Gasteiger partial charge in [-0.25, -0.2) is 0 Å². The van der Waals surface area contributed by atoms with Crippen LogP contribution in [0.3, 0.4) is 0 Å². The highest BCUT2D eigenvalue weighted by Crippen LogP contribution is 2.47. The van der Waals surface area contributed by atoms with Crippen molar-refractivity contribution in [1.82, 2.24) is 0 Å². The second-order valence-electron chi connectivity index (χ2n) is 10.4. The van der Waals surface area contributed by atoms with E-state index >= 15 is 0 Å². The van der Waals surface area contributed by atoms with Crippen LogP contribution in [0.2, 0.25) is 0 Å². The average molecular weight is 543 g/mol. The van der Waals surface area contributed by atoms with E-state index in [1.165, 1.54) is 63.5 Å². The van der Waals surface area contributed by atoms with Gasteiger partial charge in [-0.1, -0.05) is 158 Å². The zero-order valence-corrected chi connectivity index (χ0v) is 23.7. The molecule has 1 aromatic heterocycles. The third-order valence-corrected chi connectivity index (χ3v) is 14.6. The summed E-state index contributed by atoms with van der Waals surface area (Å²) in [6, 6.07) is 58.5. The smallest absolute Gasteiger partial charge is 0.134 e. The van der Waals surface area contributed by atoms with Crippen LogP contribution >= 0.6 is 11.3 Å². The standard InChI is InChI=1S/C38H26SSi/c1-4-15-27(16-5-1)37-30-21-10-11-22-31(30)38(39-37)33-24-14-26-35-36(33)32-23-12-13-25-34(32)40(35,28-17-6-2-7-18-28)29-19-8-3-9-20-29/h1-26H. The largest absolute Gasteiger partial charge is 0.180 e. The third-order valence-electron chi connectivity index (χ3n) is 8.38. The molecule has 0 unspecified atom stereocenters. The molecule has 0 saturated carbocycles. The molecule has 1 aliphatic heterocycles. The molecule has 7 aromatic rings. The number of hydrogen-bond donors (Lipinski definition) is 0. The van der Waals surface area contributed by atoms with Gasteiger partial charge >= 0.3 is 0 Å². The van der Waals surface area contributed by atoms with Gasteiger partial charge in [-0.05, 0) is 37.4 Å². The summed E-state index contributed by atoms with van der Waals surface area (Å²) >= 11 is 1.93. The molecule has 0 radical (unpaired) electrons. The minimum absolute atomic E-state index is 1.28. The van der Waals surface area contributed by atoms with Gasteiger partial charge in [0.05, 0.1) is 0 Å². The van der Waals surface area contributed by atoms with Gasteiger partial charge < -0.3 is 0 Å². The summed E-state index contributed by atoms with van der Waals surface area (Å²) in [7, 11) is -2.51. The Morgan fingerprint density at radius 1 is 0.375 bits per heavy atom. The number of fused-ring (bicyclic) bond motifs is 4. The Morgan fingerprint density at radius 3 is 1.55 bits per heavy atom. The summed E-state index contributed by atoms with van der Waals surface area (Å²) in [5, 5.41) is 8.50. The Morgan fingerprint density at radius 2 is 0.875 bits per heavy atom. The minimum atomic E-state index is -2.51. The molecule has 0 N–H and O–H groups in total. The summed E-state index contributed by atoms with van der Waals surface area (Å²) in [6.07, 6.45) is 0. The van der Waals surface area contributed by atoms with E-state index in [4.69, 9.17) is 0 Å². The van der Waals surface area contributed by atoms with E-state index in [1.807, 2.05) is 11.3 Å². The van der Waals surface area contributed by atoms with Gasteiger partial charge in [-0.15, -0.1) is 11.3 Å². The van der Waals surface area contributed by atoms with Crippen LogP contribution in [0.25, 0.3) is 42.8 Å². The second kappa shape index (κ2) is 9.30. The van der Waals surface area contributed by atoms with E-state index < -0.39 is 8.07 Å². The first kappa shape index (κ1) is 23.4. The summed E-state index contributed by atoms with van der Waals surface area (Å²) < 4.78 is 0. The van der Waals surface area contributed by atoms with Crippen molar-refractivity contribution in [2.24, 2.45) is 0 Å². The molecule has 0 spiro atoms. The van der Waals surface area contributed by atoms with E-state index in [1.54, 1.807) is 0 Å². The van der Waals surface area contributed by atoms with Crippen LogP contribution in [0.15, 0.2) is 158 Å². The maximum atomic E-state index is 2.42. The highest BCUT2D eigenvalue weighted by molar-refractivity contribution is 7.23. The molecule has 0 amide bonds. The van der Waals surface area contributed by atoms with E-state index in [9.17, 15) is 0 Å². The van der Waals surface area contributed by atoms with Crippen LogP contribution in [0, 0.1) is 0 Å². The van der Waals surface area contributed by atoms with Gasteiger partial charge in [-0.2, -0.15) is 0 Å². The predicted octanol–water partition coefficient (Wildman–Crippen LogP) is 7.59. The topological polar surface area (TPSA) is 0 Å². The average Bonchev–Trinajstić information content (AvgIpc) is 3.57. The Labute approximate surface area is 239 Å². The molecule has 0 fully saturated rings. The molecule has 0 nitrogen and oxygen atoms in total. The summed E-state index contributed by atoms with van der Waals surface area (Å²) in [5.74, 6) is 0. The molecule has 40 heavy (non-hydrogen) atoms. The predicted molar refractivity (Wildman–Crippen MR) is 175 cm³/mol. The first-order chi connectivity index (χ1) is 19.9. The summed E-state index contributed by atoms with van der Waals surface area (Å²) in [6.45, 7) is 0.